The molecular formula is C15H20N4O3S. The molecule has 2 saturated heterocycles. The number of likely N-dealkylation sites (tertiary alicyclic amines) is 1. The van der Waals surface area contributed by atoms with Crippen molar-refractivity contribution >= 4 is 23.6 Å². The fourth-order valence-electron chi connectivity index (χ4n) is 2.81. The summed E-state index contributed by atoms with van der Waals surface area (Å²) in [6.45, 7) is 1.53. The molecule has 1 spiro atoms. The Bertz CT molecular complexity index is 590. The van der Waals surface area contributed by atoms with Gasteiger partial charge in [-0.1, -0.05) is 0 Å². The Kier molecular flexibility index (Phi) is 4.54. The van der Waals surface area contributed by atoms with Crippen LogP contribution in [0.3, 0.4) is 0 Å². The van der Waals surface area contributed by atoms with E-state index in [1.54, 1.807) is 25.2 Å². The Hall–Kier alpha value is -1.67. The molecule has 8 heteroatoms. The summed E-state index contributed by atoms with van der Waals surface area (Å²) in [6, 6.07) is 0. The van der Waals surface area contributed by atoms with Gasteiger partial charge in [0.05, 0.1) is 17.0 Å². The fraction of sp³-hybridized carbons (Fsp3) is 0.600. The zero-order valence-corrected chi connectivity index (χ0v) is 14.1. The van der Waals surface area contributed by atoms with E-state index in [-0.39, 0.29) is 29.3 Å². The van der Waals surface area contributed by atoms with E-state index >= 15 is 0 Å². The third-order valence-electron chi connectivity index (χ3n) is 4.14. The van der Waals surface area contributed by atoms with Crippen LogP contribution in [0.2, 0.25) is 0 Å². The molecule has 0 unspecified atom stereocenters. The number of amides is 2. The SMILES string of the molecule is CN(C)C(=O)CO[C@H]1CSC2(C1)CN(C(=O)c1cnccn1)C2. The van der Waals surface area contributed by atoms with Gasteiger partial charge in [0.2, 0.25) is 5.91 Å². The van der Waals surface area contributed by atoms with Crippen LogP contribution >= 0.6 is 11.8 Å². The van der Waals surface area contributed by atoms with Gasteiger partial charge in [-0.15, -0.1) is 11.8 Å². The Morgan fingerprint density at radius 1 is 1.43 bits per heavy atom. The standard InChI is InChI=1S/C15H20N4O3S/c1-18(2)13(20)7-22-11-5-15(23-8-11)9-19(10-15)14(21)12-6-16-3-4-17-12/h3-4,6,11H,5,7-10H2,1-2H3/t11-/m1/s1. The lowest BCUT2D eigenvalue weighted by molar-refractivity contribution is -0.135. The van der Waals surface area contributed by atoms with Crippen LogP contribution in [0.5, 0.6) is 0 Å². The molecule has 2 aliphatic rings. The molecule has 0 N–H and O–H groups in total. The molecule has 3 heterocycles. The molecule has 0 radical (unpaired) electrons. The second kappa shape index (κ2) is 6.45. The van der Waals surface area contributed by atoms with Crippen molar-refractivity contribution in [3.63, 3.8) is 0 Å². The fourth-order valence-corrected chi connectivity index (χ4v) is 4.36. The maximum absolute atomic E-state index is 12.3. The first-order valence-corrected chi connectivity index (χ1v) is 8.49. The monoisotopic (exact) mass is 336 g/mol. The summed E-state index contributed by atoms with van der Waals surface area (Å²) >= 11 is 1.84. The van der Waals surface area contributed by atoms with Crippen LogP contribution in [0.25, 0.3) is 0 Å². The van der Waals surface area contributed by atoms with Gasteiger partial charge in [0, 0.05) is 45.3 Å². The predicted molar refractivity (Wildman–Crippen MR) is 86.2 cm³/mol. The summed E-state index contributed by atoms with van der Waals surface area (Å²) in [6.07, 6.45) is 5.53. The summed E-state index contributed by atoms with van der Waals surface area (Å²) in [4.78, 5) is 35.1. The van der Waals surface area contributed by atoms with Gasteiger partial charge in [-0.25, -0.2) is 4.98 Å². The van der Waals surface area contributed by atoms with Crippen molar-refractivity contribution in [2.24, 2.45) is 0 Å². The van der Waals surface area contributed by atoms with Crippen LogP contribution in [0, 0.1) is 0 Å². The molecule has 3 rings (SSSR count). The van der Waals surface area contributed by atoms with Crippen LogP contribution < -0.4 is 0 Å². The van der Waals surface area contributed by atoms with Gasteiger partial charge >= 0.3 is 0 Å². The smallest absolute Gasteiger partial charge is 0.274 e. The molecule has 2 aliphatic heterocycles. The van der Waals surface area contributed by atoms with Crippen LogP contribution in [-0.2, 0) is 9.53 Å². The number of thioether (sulfide) groups is 1. The summed E-state index contributed by atoms with van der Waals surface area (Å²) in [5, 5.41) is 0. The van der Waals surface area contributed by atoms with Gasteiger partial charge in [-0.2, -0.15) is 0 Å². The molecule has 124 valence electrons. The van der Waals surface area contributed by atoms with E-state index in [9.17, 15) is 9.59 Å². The number of ether oxygens (including phenoxy) is 1. The van der Waals surface area contributed by atoms with E-state index in [2.05, 4.69) is 9.97 Å². The van der Waals surface area contributed by atoms with E-state index in [1.165, 1.54) is 17.3 Å². The van der Waals surface area contributed by atoms with Gasteiger partial charge in [0.25, 0.3) is 5.91 Å². The highest BCUT2D eigenvalue weighted by atomic mass is 32.2. The number of rotatable bonds is 4. The Morgan fingerprint density at radius 3 is 2.87 bits per heavy atom. The van der Waals surface area contributed by atoms with Crippen molar-refractivity contribution < 1.29 is 14.3 Å². The van der Waals surface area contributed by atoms with E-state index in [1.807, 2.05) is 11.8 Å². The highest BCUT2D eigenvalue weighted by molar-refractivity contribution is 8.01. The first-order valence-electron chi connectivity index (χ1n) is 7.50. The number of carbonyl (C=O) groups is 2. The lowest BCUT2D eigenvalue weighted by atomic mass is 9.92. The highest BCUT2D eigenvalue weighted by Gasteiger charge is 2.51. The molecule has 0 bridgehead atoms. The summed E-state index contributed by atoms with van der Waals surface area (Å²) in [5.41, 5.74) is 0.384. The molecule has 1 aromatic rings. The minimum atomic E-state index is -0.0727. The zero-order valence-electron chi connectivity index (χ0n) is 13.3. The zero-order chi connectivity index (χ0) is 16.4. The van der Waals surface area contributed by atoms with Crippen molar-refractivity contribution in [2.75, 3.05) is 39.5 Å². The maximum Gasteiger partial charge on any atom is 0.274 e. The van der Waals surface area contributed by atoms with Gasteiger partial charge in [-0.3, -0.25) is 14.6 Å². The van der Waals surface area contributed by atoms with Crippen molar-refractivity contribution in [3.8, 4) is 0 Å². The van der Waals surface area contributed by atoms with Crippen LogP contribution in [0.4, 0.5) is 0 Å². The molecule has 2 amide bonds. The summed E-state index contributed by atoms with van der Waals surface area (Å²) in [7, 11) is 3.44. The van der Waals surface area contributed by atoms with Gasteiger partial charge < -0.3 is 14.5 Å². The Balaban J connectivity index is 1.47. The molecule has 7 nitrogen and oxygen atoms in total. The van der Waals surface area contributed by atoms with E-state index in [4.69, 9.17) is 4.74 Å². The van der Waals surface area contributed by atoms with Crippen molar-refractivity contribution in [1.29, 1.82) is 0 Å². The average molecular weight is 336 g/mol. The Labute approximate surface area is 139 Å². The van der Waals surface area contributed by atoms with E-state index in [0.29, 0.717) is 18.8 Å². The molecule has 2 fully saturated rings. The van der Waals surface area contributed by atoms with Crippen LogP contribution in [-0.4, -0.2) is 82.0 Å². The molecule has 23 heavy (non-hydrogen) atoms. The number of hydrogen-bond donors (Lipinski definition) is 0. The van der Waals surface area contributed by atoms with Crippen LogP contribution in [0.1, 0.15) is 16.9 Å². The van der Waals surface area contributed by atoms with Crippen molar-refractivity contribution in [3.05, 3.63) is 24.3 Å². The van der Waals surface area contributed by atoms with Gasteiger partial charge in [0.15, 0.2) is 0 Å². The quantitative estimate of drug-likeness (QED) is 0.786. The molecule has 0 aromatic carbocycles. The third kappa shape index (κ3) is 3.48. The predicted octanol–water partition coefficient (Wildman–Crippen LogP) is 0.281. The highest BCUT2D eigenvalue weighted by Crippen LogP contribution is 2.46. The molecular weight excluding hydrogens is 316 g/mol. The van der Waals surface area contributed by atoms with Crippen molar-refractivity contribution in [2.45, 2.75) is 17.3 Å². The van der Waals surface area contributed by atoms with Gasteiger partial charge in [-0.05, 0) is 6.42 Å². The minimum Gasteiger partial charge on any atom is -0.367 e. The third-order valence-corrected chi connectivity index (χ3v) is 5.72. The van der Waals surface area contributed by atoms with Gasteiger partial charge in [0.1, 0.15) is 12.3 Å². The first kappa shape index (κ1) is 16.2. The molecule has 0 saturated carbocycles. The van der Waals surface area contributed by atoms with E-state index in [0.717, 1.165) is 12.2 Å². The number of likely N-dealkylation sites (N-methyl/N-ethyl adjacent to an activating group) is 1. The number of nitrogens with zero attached hydrogens (tertiary/aromatic N) is 4. The van der Waals surface area contributed by atoms with E-state index < -0.39 is 0 Å². The Morgan fingerprint density at radius 2 is 2.22 bits per heavy atom. The lowest BCUT2D eigenvalue weighted by Gasteiger charge is -2.47. The maximum atomic E-state index is 12.3. The number of carbonyl (C=O) groups excluding carboxylic acids is 2. The first-order chi connectivity index (χ1) is 11.0. The second-order valence-corrected chi connectivity index (χ2v) is 7.66. The minimum absolute atomic E-state index is 0.0241. The average Bonchev–Trinajstić information content (AvgIpc) is 2.96. The van der Waals surface area contributed by atoms with Crippen molar-refractivity contribution in [1.82, 2.24) is 19.8 Å². The topological polar surface area (TPSA) is 75.6 Å². The normalized spacial score (nSPS) is 22.0. The number of hydrogen-bond acceptors (Lipinski definition) is 6. The molecule has 1 atom stereocenters. The van der Waals surface area contributed by atoms with Crippen LogP contribution in [0.15, 0.2) is 18.6 Å². The largest absolute Gasteiger partial charge is 0.367 e. The second-order valence-electron chi connectivity index (χ2n) is 6.17. The lowest BCUT2D eigenvalue weighted by Crippen LogP contribution is -2.60. The summed E-state index contributed by atoms with van der Waals surface area (Å²) < 4.78 is 5.77. The molecule has 0 aliphatic carbocycles. The molecule has 1 aromatic heterocycles. The number of aromatic nitrogens is 2. The summed E-state index contributed by atoms with van der Waals surface area (Å²) in [5.74, 6) is 0.772.